The molecule has 1 heterocycles. The van der Waals surface area contributed by atoms with E-state index in [2.05, 4.69) is 32.2 Å². The van der Waals surface area contributed by atoms with E-state index in [1.807, 2.05) is 54.6 Å². The third kappa shape index (κ3) is 5.00. The van der Waals surface area contributed by atoms with Crippen molar-refractivity contribution in [3.05, 3.63) is 59.1 Å². The summed E-state index contributed by atoms with van der Waals surface area (Å²) in [5, 5.41) is 16.9. The zero-order valence-corrected chi connectivity index (χ0v) is 17.5. The highest BCUT2D eigenvalue weighted by atomic mass is 79.9. The van der Waals surface area contributed by atoms with Crippen LogP contribution >= 0.6 is 27.7 Å². The third-order valence-electron chi connectivity index (χ3n) is 3.88. The minimum atomic E-state index is -0.449. The van der Waals surface area contributed by atoms with Gasteiger partial charge in [-0.1, -0.05) is 52.0 Å². The van der Waals surface area contributed by atoms with Gasteiger partial charge in [-0.2, -0.15) is 5.26 Å². The molecule has 28 heavy (non-hydrogen) atoms. The van der Waals surface area contributed by atoms with Gasteiger partial charge in [-0.25, -0.2) is 0 Å². The quantitative estimate of drug-likeness (QED) is 0.468. The summed E-state index contributed by atoms with van der Waals surface area (Å²) in [5.41, 5.74) is 1.56. The van der Waals surface area contributed by atoms with Crippen LogP contribution in [-0.4, -0.2) is 27.9 Å². The third-order valence-corrected chi connectivity index (χ3v) is 5.30. The van der Waals surface area contributed by atoms with Crippen LogP contribution in [0.4, 0.5) is 5.69 Å². The number of para-hydroxylation sites is 1. The predicted octanol–water partition coefficient (Wildman–Crippen LogP) is 4.93. The summed E-state index contributed by atoms with van der Waals surface area (Å²) < 4.78 is 6.62. The van der Waals surface area contributed by atoms with E-state index in [4.69, 9.17) is 9.68 Å². The molecular formula is C20H17BrN4O2S. The van der Waals surface area contributed by atoms with E-state index in [0.29, 0.717) is 17.7 Å². The first-order chi connectivity index (χ1) is 13.6. The van der Waals surface area contributed by atoms with E-state index in [1.165, 1.54) is 11.8 Å². The molecule has 0 spiro atoms. The number of carbonyl (C=O) groups excluding carboxylic acids is 1. The summed E-state index contributed by atoms with van der Waals surface area (Å²) in [6.07, 6.45) is 0.256. The zero-order valence-electron chi connectivity index (χ0n) is 15.1. The number of anilines is 1. The number of thioether (sulfide) groups is 1. The van der Waals surface area contributed by atoms with Crippen molar-refractivity contribution in [3.63, 3.8) is 0 Å². The Labute approximate surface area is 175 Å². The van der Waals surface area contributed by atoms with Gasteiger partial charge in [0.1, 0.15) is 0 Å². The maximum atomic E-state index is 13.0. The molecule has 142 valence electrons. The van der Waals surface area contributed by atoms with Crippen LogP contribution in [0.5, 0.6) is 0 Å². The summed E-state index contributed by atoms with van der Waals surface area (Å²) >= 11 is 4.62. The van der Waals surface area contributed by atoms with Gasteiger partial charge in [0.05, 0.1) is 17.7 Å². The summed E-state index contributed by atoms with van der Waals surface area (Å²) in [5.74, 6) is 0.279. The molecule has 8 heteroatoms. The van der Waals surface area contributed by atoms with Gasteiger partial charge in [0.15, 0.2) is 0 Å². The maximum absolute atomic E-state index is 13.0. The molecule has 1 unspecified atom stereocenters. The molecule has 1 amide bonds. The van der Waals surface area contributed by atoms with Crippen LogP contribution in [0.3, 0.4) is 0 Å². The molecule has 0 aliphatic rings. The topological polar surface area (TPSA) is 83.0 Å². The summed E-state index contributed by atoms with van der Waals surface area (Å²) in [4.78, 5) is 14.6. The number of nitriles is 1. The van der Waals surface area contributed by atoms with E-state index in [-0.39, 0.29) is 12.3 Å². The molecule has 1 atom stereocenters. The summed E-state index contributed by atoms with van der Waals surface area (Å²) in [7, 11) is 0. The Morgan fingerprint density at radius 2 is 2.04 bits per heavy atom. The molecule has 0 fully saturated rings. The highest BCUT2D eigenvalue weighted by molar-refractivity contribution is 9.10. The van der Waals surface area contributed by atoms with Gasteiger partial charge in [-0.15, -0.1) is 10.2 Å². The molecule has 1 aromatic heterocycles. The highest BCUT2D eigenvalue weighted by Gasteiger charge is 2.25. The number of halogens is 1. The average Bonchev–Trinajstić information content (AvgIpc) is 3.17. The molecule has 3 aromatic rings. The first-order valence-corrected chi connectivity index (χ1v) is 10.2. The Morgan fingerprint density at radius 1 is 1.25 bits per heavy atom. The molecule has 0 N–H and O–H groups in total. The first-order valence-electron chi connectivity index (χ1n) is 8.58. The molecule has 0 radical (unpaired) electrons. The van der Waals surface area contributed by atoms with E-state index in [1.54, 1.807) is 11.8 Å². The summed E-state index contributed by atoms with van der Waals surface area (Å²) in [6, 6.07) is 19.0. The number of hydrogen-bond acceptors (Lipinski definition) is 6. The minimum Gasteiger partial charge on any atom is -0.411 e. The van der Waals surface area contributed by atoms with Crippen molar-refractivity contribution < 1.29 is 9.21 Å². The molecule has 6 nitrogen and oxygen atoms in total. The van der Waals surface area contributed by atoms with Crippen LogP contribution in [0.25, 0.3) is 11.5 Å². The van der Waals surface area contributed by atoms with Gasteiger partial charge in [0.2, 0.25) is 11.8 Å². The first kappa shape index (κ1) is 20.1. The molecule has 0 bridgehead atoms. The maximum Gasteiger partial charge on any atom is 0.277 e. The lowest BCUT2D eigenvalue weighted by molar-refractivity contribution is -0.117. The Hall–Kier alpha value is -2.63. The number of aromatic nitrogens is 2. The smallest absolute Gasteiger partial charge is 0.277 e. The highest BCUT2D eigenvalue weighted by Crippen LogP contribution is 2.29. The zero-order chi connectivity index (χ0) is 19.9. The lowest BCUT2D eigenvalue weighted by atomic mass is 10.2. The van der Waals surface area contributed by atoms with Gasteiger partial charge < -0.3 is 9.32 Å². The van der Waals surface area contributed by atoms with Gasteiger partial charge in [0.25, 0.3) is 5.22 Å². The SMILES string of the molecule is CC(Sc1nnc(-c2cccc(Br)c2)o1)C(=O)N(CCC#N)c1ccccc1. The van der Waals surface area contributed by atoms with Crippen LogP contribution < -0.4 is 4.90 Å². The van der Waals surface area contributed by atoms with Crippen LogP contribution in [0.1, 0.15) is 13.3 Å². The second-order valence-electron chi connectivity index (χ2n) is 5.88. The standard InChI is InChI=1S/C20H17BrN4O2S/c1-14(19(26)25(12-6-11-22)17-9-3-2-4-10-17)28-20-24-23-18(27-20)15-7-5-8-16(21)13-15/h2-5,7-10,13-14H,6,12H2,1H3. The van der Waals surface area contributed by atoms with Crippen molar-refractivity contribution in [2.45, 2.75) is 23.8 Å². The number of benzene rings is 2. The van der Waals surface area contributed by atoms with Crippen LogP contribution in [0.15, 0.2) is 68.7 Å². The van der Waals surface area contributed by atoms with Crippen molar-refractivity contribution in [1.29, 1.82) is 5.26 Å². The van der Waals surface area contributed by atoms with Gasteiger partial charge in [0, 0.05) is 22.3 Å². The van der Waals surface area contributed by atoms with Crippen LogP contribution in [0.2, 0.25) is 0 Å². The second kappa shape index (κ2) is 9.53. The van der Waals surface area contributed by atoms with Crippen molar-refractivity contribution in [3.8, 4) is 17.5 Å². The molecule has 0 aliphatic heterocycles. The fourth-order valence-corrected chi connectivity index (χ4v) is 3.70. The number of carbonyl (C=O) groups is 1. The monoisotopic (exact) mass is 456 g/mol. The second-order valence-corrected chi connectivity index (χ2v) is 8.08. The van der Waals surface area contributed by atoms with E-state index >= 15 is 0 Å². The number of amides is 1. The molecule has 0 aliphatic carbocycles. The molecule has 2 aromatic carbocycles. The fourth-order valence-electron chi connectivity index (χ4n) is 2.55. The predicted molar refractivity (Wildman–Crippen MR) is 112 cm³/mol. The van der Waals surface area contributed by atoms with Crippen molar-refractivity contribution in [1.82, 2.24) is 10.2 Å². The lowest BCUT2D eigenvalue weighted by Gasteiger charge is -2.24. The average molecular weight is 457 g/mol. The van der Waals surface area contributed by atoms with Crippen LogP contribution in [0, 0.1) is 11.3 Å². The van der Waals surface area contributed by atoms with E-state index in [9.17, 15) is 4.79 Å². The number of nitrogens with zero attached hydrogens (tertiary/aromatic N) is 4. The molecular weight excluding hydrogens is 440 g/mol. The van der Waals surface area contributed by atoms with Gasteiger partial charge in [-0.3, -0.25) is 4.79 Å². The van der Waals surface area contributed by atoms with Gasteiger partial charge >= 0.3 is 0 Å². The van der Waals surface area contributed by atoms with Crippen molar-refractivity contribution in [2.24, 2.45) is 0 Å². The van der Waals surface area contributed by atoms with Crippen molar-refractivity contribution in [2.75, 3.05) is 11.4 Å². The molecule has 3 rings (SSSR count). The molecule has 0 saturated carbocycles. The van der Waals surface area contributed by atoms with Crippen molar-refractivity contribution >= 4 is 39.3 Å². The Balaban J connectivity index is 1.73. The fraction of sp³-hybridized carbons (Fsp3) is 0.200. The normalized spacial score (nSPS) is 11.6. The largest absolute Gasteiger partial charge is 0.411 e. The van der Waals surface area contributed by atoms with Crippen LogP contribution in [-0.2, 0) is 4.79 Å². The Bertz CT molecular complexity index is 987. The lowest BCUT2D eigenvalue weighted by Crippen LogP contribution is -2.37. The number of rotatable bonds is 7. The Kier molecular flexibility index (Phi) is 6.85. The minimum absolute atomic E-state index is 0.117. The molecule has 0 saturated heterocycles. The van der Waals surface area contributed by atoms with E-state index in [0.717, 1.165) is 15.7 Å². The summed E-state index contributed by atoms with van der Waals surface area (Å²) in [6.45, 7) is 2.12. The Morgan fingerprint density at radius 3 is 2.75 bits per heavy atom. The van der Waals surface area contributed by atoms with E-state index < -0.39 is 5.25 Å². The number of hydrogen-bond donors (Lipinski definition) is 0. The van der Waals surface area contributed by atoms with Gasteiger partial charge in [-0.05, 0) is 37.3 Å².